The summed E-state index contributed by atoms with van der Waals surface area (Å²) in [5.74, 6) is -0.339. The molecule has 2 unspecified atom stereocenters. The second-order valence-electron chi connectivity index (χ2n) is 18.2. The molecule has 0 N–H and O–H groups in total. The molecule has 0 saturated carbocycles. The van der Waals surface area contributed by atoms with Gasteiger partial charge in [-0.3, -0.25) is 9.36 Å². The highest BCUT2D eigenvalue weighted by Crippen LogP contribution is 2.38. The lowest BCUT2D eigenvalue weighted by atomic mass is 10.0. The van der Waals surface area contributed by atoms with Crippen molar-refractivity contribution in [2.24, 2.45) is 0 Å². The molecular formula is C49H98NO7P. The van der Waals surface area contributed by atoms with E-state index in [2.05, 4.69) is 26.0 Å². The van der Waals surface area contributed by atoms with E-state index in [1.54, 1.807) is 0 Å². The van der Waals surface area contributed by atoms with Crippen molar-refractivity contribution in [2.75, 3.05) is 54.1 Å². The van der Waals surface area contributed by atoms with Crippen molar-refractivity contribution in [3.8, 4) is 0 Å². The minimum atomic E-state index is -4.52. The largest absolute Gasteiger partial charge is 0.756 e. The summed E-state index contributed by atoms with van der Waals surface area (Å²) in [4.78, 5) is 25.1. The first kappa shape index (κ1) is 57.2. The van der Waals surface area contributed by atoms with Crippen molar-refractivity contribution in [1.82, 2.24) is 0 Å². The predicted molar refractivity (Wildman–Crippen MR) is 245 cm³/mol. The van der Waals surface area contributed by atoms with Crippen molar-refractivity contribution in [1.29, 1.82) is 0 Å². The van der Waals surface area contributed by atoms with E-state index in [1.165, 1.54) is 173 Å². The number of quaternary nitrogens is 1. The standard InChI is InChI=1S/C49H98NO7P/c1-6-8-10-12-14-16-18-20-21-22-23-24-25-26-27-28-29-30-31-33-35-37-39-41-44-54-46-48(47-56-58(52,53)55-45-43-50(3,4)5)57-49(51)42-40-38-36-34-32-19-17-15-13-11-9-7-2/h15,17,48H,6-14,16,18-47H2,1-5H3/b17-15-. The molecule has 0 aliphatic carbocycles. The number of likely N-dealkylation sites (N-methyl/N-ethyl adjacent to an activating group) is 1. The van der Waals surface area contributed by atoms with Crippen molar-refractivity contribution in [3.05, 3.63) is 12.2 Å². The van der Waals surface area contributed by atoms with Gasteiger partial charge in [0.25, 0.3) is 7.82 Å². The van der Waals surface area contributed by atoms with Gasteiger partial charge in [-0.15, -0.1) is 0 Å². The van der Waals surface area contributed by atoms with Gasteiger partial charge in [-0.05, 0) is 38.5 Å². The highest BCUT2D eigenvalue weighted by molar-refractivity contribution is 7.45. The van der Waals surface area contributed by atoms with Gasteiger partial charge in [0.05, 0.1) is 34.4 Å². The average Bonchev–Trinajstić information content (AvgIpc) is 3.18. The Morgan fingerprint density at radius 2 is 0.897 bits per heavy atom. The summed E-state index contributed by atoms with van der Waals surface area (Å²) in [7, 11) is 1.36. The zero-order chi connectivity index (χ0) is 42.7. The number of ether oxygens (including phenoxy) is 2. The zero-order valence-corrected chi connectivity index (χ0v) is 40.2. The molecule has 0 spiro atoms. The van der Waals surface area contributed by atoms with E-state index in [1.807, 2.05) is 21.1 Å². The second-order valence-corrected chi connectivity index (χ2v) is 19.6. The quantitative estimate of drug-likeness (QED) is 0.0198. The fraction of sp³-hybridized carbons (Fsp3) is 0.939. The van der Waals surface area contributed by atoms with Gasteiger partial charge in [0, 0.05) is 13.0 Å². The third-order valence-electron chi connectivity index (χ3n) is 11.1. The molecule has 346 valence electrons. The zero-order valence-electron chi connectivity index (χ0n) is 39.3. The van der Waals surface area contributed by atoms with Gasteiger partial charge in [-0.1, -0.05) is 206 Å². The van der Waals surface area contributed by atoms with Crippen LogP contribution in [-0.2, 0) is 27.9 Å². The number of nitrogens with zero attached hydrogens (tertiary/aromatic N) is 1. The van der Waals surface area contributed by atoms with Gasteiger partial charge in [-0.2, -0.15) is 0 Å². The number of unbranched alkanes of at least 4 members (excludes halogenated alkanes) is 31. The summed E-state index contributed by atoms with van der Waals surface area (Å²) < 4.78 is 34.7. The normalized spacial score (nSPS) is 13.7. The van der Waals surface area contributed by atoms with Crippen LogP contribution in [0.3, 0.4) is 0 Å². The van der Waals surface area contributed by atoms with Crippen LogP contribution in [0.25, 0.3) is 0 Å². The SMILES string of the molecule is CCCCC/C=C\CCCCCCCC(=O)OC(COCCCCCCCCCCCCCCCCCCCCCCCCCC)COP(=O)([O-])OCC[N+](C)(C)C. The van der Waals surface area contributed by atoms with Crippen LogP contribution in [0, 0.1) is 0 Å². The van der Waals surface area contributed by atoms with Crippen molar-refractivity contribution >= 4 is 13.8 Å². The summed E-state index contributed by atoms with van der Waals surface area (Å²) in [5, 5.41) is 0. The Bertz CT molecular complexity index is 940. The minimum absolute atomic E-state index is 0.0278. The molecule has 9 heteroatoms. The van der Waals surface area contributed by atoms with E-state index in [-0.39, 0.29) is 25.8 Å². The lowest BCUT2D eigenvalue weighted by molar-refractivity contribution is -0.870. The summed E-state index contributed by atoms with van der Waals surface area (Å²) in [6.45, 7) is 5.43. The molecule has 0 heterocycles. The number of carbonyl (C=O) groups excluding carboxylic acids is 1. The molecule has 0 rings (SSSR count). The van der Waals surface area contributed by atoms with Gasteiger partial charge >= 0.3 is 5.97 Å². The third kappa shape index (κ3) is 46.3. The molecule has 0 aromatic rings. The first-order valence-corrected chi connectivity index (χ1v) is 26.4. The maximum atomic E-state index is 12.7. The highest BCUT2D eigenvalue weighted by atomic mass is 31.2. The maximum Gasteiger partial charge on any atom is 0.306 e. The second kappa shape index (κ2) is 42.9. The summed E-state index contributed by atoms with van der Waals surface area (Å²) >= 11 is 0. The van der Waals surface area contributed by atoms with E-state index < -0.39 is 13.9 Å². The number of phosphoric ester groups is 1. The highest BCUT2D eigenvalue weighted by Gasteiger charge is 2.20. The van der Waals surface area contributed by atoms with Crippen LogP contribution in [0.15, 0.2) is 12.2 Å². The molecule has 8 nitrogen and oxygen atoms in total. The van der Waals surface area contributed by atoms with Crippen LogP contribution < -0.4 is 4.89 Å². The summed E-state index contributed by atoms with van der Waals surface area (Å²) in [6, 6.07) is 0. The van der Waals surface area contributed by atoms with Crippen LogP contribution in [0.4, 0.5) is 0 Å². The van der Waals surface area contributed by atoms with Crippen LogP contribution in [0.2, 0.25) is 0 Å². The van der Waals surface area contributed by atoms with Gasteiger partial charge in [0.1, 0.15) is 19.3 Å². The first-order valence-electron chi connectivity index (χ1n) is 24.9. The van der Waals surface area contributed by atoms with E-state index in [0.717, 1.165) is 44.9 Å². The number of phosphoric acid groups is 1. The van der Waals surface area contributed by atoms with Gasteiger partial charge in [0.2, 0.25) is 0 Å². The maximum absolute atomic E-state index is 12.7. The lowest BCUT2D eigenvalue weighted by Gasteiger charge is -2.28. The molecule has 0 aliphatic rings. The number of allylic oxidation sites excluding steroid dienone is 2. The van der Waals surface area contributed by atoms with Crippen LogP contribution >= 0.6 is 7.82 Å². The minimum Gasteiger partial charge on any atom is -0.756 e. The third-order valence-corrected chi connectivity index (χ3v) is 12.0. The number of esters is 1. The number of hydrogen-bond donors (Lipinski definition) is 0. The van der Waals surface area contributed by atoms with Gasteiger partial charge in [-0.25, -0.2) is 0 Å². The molecule has 0 aromatic heterocycles. The Morgan fingerprint density at radius 1 is 0.517 bits per heavy atom. The molecule has 0 saturated heterocycles. The Morgan fingerprint density at radius 3 is 1.34 bits per heavy atom. The Kier molecular flexibility index (Phi) is 42.3. The molecule has 0 amide bonds. The lowest BCUT2D eigenvalue weighted by Crippen LogP contribution is -2.37. The molecule has 2 atom stereocenters. The molecule has 0 aliphatic heterocycles. The number of rotatable bonds is 47. The Balaban J connectivity index is 4.02. The van der Waals surface area contributed by atoms with E-state index >= 15 is 0 Å². The average molecular weight is 844 g/mol. The molecule has 58 heavy (non-hydrogen) atoms. The predicted octanol–water partition coefficient (Wildman–Crippen LogP) is 14.4. The van der Waals surface area contributed by atoms with Crippen LogP contribution in [0.5, 0.6) is 0 Å². The topological polar surface area (TPSA) is 94.1 Å². The fourth-order valence-corrected chi connectivity index (χ4v) is 7.92. The van der Waals surface area contributed by atoms with Crippen molar-refractivity contribution < 1.29 is 37.3 Å². The Labute approximate surface area is 360 Å². The smallest absolute Gasteiger partial charge is 0.306 e. The molecular weight excluding hydrogens is 746 g/mol. The van der Waals surface area contributed by atoms with E-state index in [4.69, 9.17) is 18.5 Å². The monoisotopic (exact) mass is 844 g/mol. The number of hydrogen-bond acceptors (Lipinski definition) is 7. The number of carbonyl (C=O) groups is 1. The summed E-state index contributed by atoms with van der Waals surface area (Å²) in [5.41, 5.74) is 0. The van der Waals surface area contributed by atoms with Crippen LogP contribution in [-0.4, -0.2) is 70.7 Å². The van der Waals surface area contributed by atoms with E-state index in [0.29, 0.717) is 24.1 Å². The van der Waals surface area contributed by atoms with Gasteiger partial charge in [0.15, 0.2) is 0 Å². The fourth-order valence-electron chi connectivity index (χ4n) is 7.19. The summed E-state index contributed by atoms with van der Waals surface area (Å²) in [6.07, 6.45) is 48.1. The first-order chi connectivity index (χ1) is 28.1. The van der Waals surface area contributed by atoms with Crippen molar-refractivity contribution in [2.45, 2.75) is 245 Å². The molecule has 0 bridgehead atoms. The molecule has 0 fully saturated rings. The Hall–Kier alpha value is -0.760. The van der Waals surface area contributed by atoms with Crippen LogP contribution in [0.1, 0.15) is 239 Å². The molecule has 0 radical (unpaired) electrons. The van der Waals surface area contributed by atoms with Crippen molar-refractivity contribution in [3.63, 3.8) is 0 Å². The van der Waals surface area contributed by atoms with E-state index in [9.17, 15) is 14.3 Å². The molecule has 0 aromatic carbocycles. The van der Waals surface area contributed by atoms with Gasteiger partial charge < -0.3 is 27.9 Å².